The molecule has 2 aromatic rings. The maximum atomic E-state index is 12.3. The molecule has 1 saturated heterocycles. The van der Waals surface area contributed by atoms with Crippen LogP contribution in [0.25, 0.3) is 6.08 Å². The second-order valence-electron chi connectivity index (χ2n) is 5.41. The molecule has 0 atom stereocenters. The predicted molar refractivity (Wildman–Crippen MR) is 108 cm³/mol. The average Bonchev–Trinajstić information content (AvgIpc) is 3.02. The average molecular weight is 405 g/mol. The molecule has 1 aliphatic heterocycles. The fourth-order valence-electron chi connectivity index (χ4n) is 2.42. The maximum Gasteiger partial charge on any atom is 0.264 e. The lowest BCUT2D eigenvalue weighted by atomic mass is 10.1. The van der Waals surface area contributed by atoms with Crippen LogP contribution in [0.3, 0.4) is 0 Å². The van der Waals surface area contributed by atoms with Gasteiger partial charge >= 0.3 is 0 Å². The molecule has 1 N–H and O–H groups in total. The summed E-state index contributed by atoms with van der Waals surface area (Å²) in [7, 11) is 4.66. The Morgan fingerprint density at radius 3 is 2.26 bits per heavy atom. The summed E-state index contributed by atoms with van der Waals surface area (Å²) >= 11 is 7.12. The molecule has 0 bridgehead atoms. The van der Waals surface area contributed by atoms with E-state index in [4.69, 9.17) is 25.8 Å². The van der Waals surface area contributed by atoms with Gasteiger partial charge < -0.3 is 19.5 Å². The molecule has 3 rings (SSSR count). The van der Waals surface area contributed by atoms with Gasteiger partial charge in [-0.15, -0.1) is 0 Å². The number of thioether (sulfide) groups is 1. The number of hydrogen-bond acceptors (Lipinski definition) is 6. The number of carbonyl (C=O) groups is 1. The quantitative estimate of drug-likeness (QED) is 0.754. The Kier molecular flexibility index (Phi) is 5.93. The summed E-state index contributed by atoms with van der Waals surface area (Å²) in [6.07, 6.45) is 1.73. The van der Waals surface area contributed by atoms with Crippen molar-refractivity contribution in [2.75, 3.05) is 21.3 Å². The molecule has 1 heterocycles. The smallest absolute Gasteiger partial charge is 0.264 e. The Hall–Kier alpha value is -2.64. The Bertz CT molecular complexity index is 926. The normalized spacial score (nSPS) is 16.5. The van der Waals surface area contributed by atoms with Gasteiger partial charge in [-0.2, -0.15) is 0 Å². The summed E-state index contributed by atoms with van der Waals surface area (Å²) in [5, 5.41) is 3.87. The van der Waals surface area contributed by atoms with Gasteiger partial charge in [-0.3, -0.25) is 4.79 Å². The van der Waals surface area contributed by atoms with Gasteiger partial charge in [0.15, 0.2) is 16.7 Å². The molecule has 0 spiro atoms. The number of methoxy groups -OCH3 is 3. The van der Waals surface area contributed by atoms with Crippen LogP contribution in [0.4, 0.5) is 5.69 Å². The lowest BCUT2D eigenvalue weighted by molar-refractivity contribution is -0.115. The fraction of sp³-hybridized carbons (Fsp3) is 0.158. The number of benzene rings is 2. The lowest BCUT2D eigenvalue weighted by Crippen LogP contribution is -2.19. The van der Waals surface area contributed by atoms with Crippen molar-refractivity contribution in [1.29, 1.82) is 0 Å². The van der Waals surface area contributed by atoms with E-state index in [2.05, 4.69) is 10.3 Å². The first-order chi connectivity index (χ1) is 13.0. The van der Waals surface area contributed by atoms with Crippen LogP contribution >= 0.6 is 23.4 Å². The number of amidine groups is 1. The number of amides is 1. The first-order valence-corrected chi connectivity index (χ1v) is 9.08. The van der Waals surface area contributed by atoms with Crippen molar-refractivity contribution >= 4 is 46.2 Å². The van der Waals surface area contributed by atoms with E-state index >= 15 is 0 Å². The minimum atomic E-state index is -0.232. The molecule has 0 aliphatic carbocycles. The summed E-state index contributed by atoms with van der Waals surface area (Å²) in [5.74, 6) is 1.43. The summed E-state index contributed by atoms with van der Waals surface area (Å²) in [4.78, 5) is 17.2. The van der Waals surface area contributed by atoms with Crippen LogP contribution in [0.1, 0.15) is 5.56 Å². The molecule has 140 valence electrons. The number of nitrogens with zero attached hydrogens (tertiary/aromatic N) is 1. The zero-order valence-electron chi connectivity index (χ0n) is 14.9. The van der Waals surface area contributed by atoms with Gasteiger partial charge in [0.25, 0.3) is 5.91 Å². The molecule has 8 heteroatoms. The highest BCUT2D eigenvalue weighted by atomic mass is 35.5. The molecule has 1 fully saturated rings. The molecule has 27 heavy (non-hydrogen) atoms. The predicted octanol–water partition coefficient (Wildman–Crippen LogP) is 4.26. The van der Waals surface area contributed by atoms with Gasteiger partial charge in [0, 0.05) is 16.7 Å². The zero-order valence-corrected chi connectivity index (χ0v) is 16.5. The Labute approximate surface area is 166 Å². The maximum absolute atomic E-state index is 12.3. The summed E-state index contributed by atoms with van der Waals surface area (Å²) in [6, 6.07) is 10.5. The molecule has 6 nitrogen and oxygen atoms in total. The van der Waals surface area contributed by atoms with Crippen molar-refractivity contribution in [3.05, 3.63) is 51.9 Å². The summed E-state index contributed by atoms with van der Waals surface area (Å²) < 4.78 is 16.0. The van der Waals surface area contributed by atoms with Gasteiger partial charge in [-0.05, 0) is 48.2 Å². The lowest BCUT2D eigenvalue weighted by Gasteiger charge is -2.12. The van der Waals surface area contributed by atoms with Crippen LogP contribution in [0.2, 0.25) is 5.02 Å². The van der Waals surface area contributed by atoms with Gasteiger partial charge in [-0.25, -0.2) is 4.99 Å². The van der Waals surface area contributed by atoms with E-state index in [1.165, 1.54) is 11.8 Å². The van der Waals surface area contributed by atoms with Crippen LogP contribution in [-0.2, 0) is 4.79 Å². The van der Waals surface area contributed by atoms with Gasteiger partial charge in [0.1, 0.15) is 5.75 Å². The number of ether oxygens (including phenoxy) is 3. The second-order valence-corrected chi connectivity index (χ2v) is 6.87. The van der Waals surface area contributed by atoms with Crippen LogP contribution in [0, 0.1) is 0 Å². The number of halogens is 1. The van der Waals surface area contributed by atoms with E-state index < -0.39 is 0 Å². The molecule has 1 aliphatic rings. The first-order valence-electron chi connectivity index (χ1n) is 7.89. The first kappa shape index (κ1) is 19.1. The van der Waals surface area contributed by atoms with Gasteiger partial charge in [-0.1, -0.05) is 11.6 Å². The Morgan fingerprint density at radius 1 is 1.00 bits per heavy atom. The van der Waals surface area contributed by atoms with Crippen LogP contribution < -0.4 is 19.5 Å². The highest BCUT2D eigenvalue weighted by Gasteiger charge is 2.24. The number of nitrogens with one attached hydrogen (secondary N) is 1. The van der Waals surface area contributed by atoms with Crippen molar-refractivity contribution in [1.82, 2.24) is 5.32 Å². The molecular weight excluding hydrogens is 388 g/mol. The van der Waals surface area contributed by atoms with Crippen molar-refractivity contribution in [3.8, 4) is 17.2 Å². The van der Waals surface area contributed by atoms with Crippen LogP contribution in [-0.4, -0.2) is 32.4 Å². The summed E-state index contributed by atoms with van der Waals surface area (Å²) in [5.41, 5.74) is 1.40. The van der Waals surface area contributed by atoms with Crippen molar-refractivity contribution in [2.45, 2.75) is 0 Å². The van der Waals surface area contributed by atoms with Crippen molar-refractivity contribution in [2.24, 2.45) is 4.99 Å². The van der Waals surface area contributed by atoms with E-state index in [9.17, 15) is 4.79 Å². The second kappa shape index (κ2) is 8.37. The largest absolute Gasteiger partial charge is 0.496 e. The third kappa shape index (κ3) is 4.37. The van der Waals surface area contributed by atoms with E-state index in [0.29, 0.717) is 43.6 Å². The van der Waals surface area contributed by atoms with E-state index in [1.54, 1.807) is 63.8 Å². The third-order valence-corrected chi connectivity index (χ3v) is 4.89. The Balaban J connectivity index is 1.91. The van der Waals surface area contributed by atoms with E-state index in [1.807, 2.05) is 0 Å². The van der Waals surface area contributed by atoms with Gasteiger partial charge in [0.05, 0.1) is 31.9 Å². The highest BCUT2D eigenvalue weighted by molar-refractivity contribution is 8.18. The molecule has 0 unspecified atom stereocenters. The van der Waals surface area contributed by atoms with Crippen molar-refractivity contribution < 1.29 is 19.0 Å². The zero-order chi connectivity index (χ0) is 19.4. The molecule has 2 aromatic carbocycles. The minimum absolute atomic E-state index is 0.232. The third-order valence-electron chi connectivity index (χ3n) is 3.73. The highest BCUT2D eigenvalue weighted by Crippen LogP contribution is 2.37. The molecule has 0 aromatic heterocycles. The molecule has 0 radical (unpaired) electrons. The van der Waals surface area contributed by atoms with E-state index in [0.717, 1.165) is 0 Å². The van der Waals surface area contributed by atoms with Gasteiger partial charge in [0.2, 0.25) is 0 Å². The summed E-state index contributed by atoms with van der Waals surface area (Å²) in [6.45, 7) is 0. The van der Waals surface area contributed by atoms with E-state index in [-0.39, 0.29) is 5.91 Å². The van der Waals surface area contributed by atoms with Crippen molar-refractivity contribution in [3.63, 3.8) is 0 Å². The topological polar surface area (TPSA) is 69.2 Å². The fourth-order valence-corrected chi connectivity index (χ4v) is 3.38. The molecule has 0 saturated carbocycles. The van der Waals surface area contributed by atoms with Crippen LogP contribution in [0.5, 0.6) is 17.2 Å². The Morgan fingerprint density at radius 2 is 1.63 bits per heavy atom. The standard InChI is InChI=1S/C19H17ClN2O4S/c1-24-14-10-16(26-3)15(25-2)8-11(14)9-17-18(23)22-19(27-17)21-13-6-4-12(20)5-7-13/h4-10H,1-3H3,(H,21,22,23)/b17-9-. The molecule has 1 amide bonds. The number of hydrogen-bond donors (Lipinski definition) is 1. The van der Waals surface area contributed by atoms with Crippen LogP contribution in [0.15, 0.2) is 46.3 Å². The number of aliphatic imine (C=N–C) groups is 1. The SMILES string of the molecule is COc1cc(OC)c(OC)cc1/C=C1\SC(=Nc2ccc(Cl)cc2)NC1=O. The molecular formula is C19H17ClN2O4S. The number of carbonyl (C=O) groups excluding carboxylic acids is 1. The monoisotopic (exact) mass is 404 g/mol. The number of rotatable bonds is 5. The minimum Gasteiger partial charge on any atom is -0.496 e.